The van der Waals surface area contributed by atoms with E-state index in [4.69, 9.17) is 9.47 Å². The van der Waals surface area contributed by atoms with Gasteiger partial charge in [-0.15, -0.1) is 6.58 Å². The molecule has 1 atom stereocenters. The first-order valence-electron chi connectivity index (χ1n) is 9.49. The Morgan fingerprint density at radius 3 is 2.66 bits per heavy atom. The zero-order chi connectivity index (χ0) is 21.1. The molecule has 2 aliphatic rings. The monoisotopic (exact) mass is 400 g/mol. The molecule has 0 aromatic heterocycles. The van der Waals surface area contributed by atoms with Gasteiger partial charge in [-0.05, 0) is 32.3 Å². The number of hydrogen-bond acceptors (Lipinski definition) is 5. The van der Waals surface area contributed by atoms with Gasteiger partial charge >= 0.3 is 6.03 Å². The Morgan fingerprint density at radius 1 is 1.28 bits per heavy atom. The molecule has 3 rings (SSSR count). The van der Waals surface area contributed by atoms with Gasteiger partial charge < -0.3 is 24.6 Å². The van der Waals surface area contributed by atoms with Crippen LogP contribution in [0.2, 0.25) is 0 Å². The number of carbonyl (C=O) groups is 2. The van der Waals surface area contributed by atoms with Crippen LogP contribution in [0.1, 0.15) is 11.6 Å². The number of urea groups is 1. The first-order valence-corrected chi connectivity index (χ1v) is 9.49. The lowest BCUT2D eigenvalue weighted by atomic mass is 9.94. The van der Waals surface area contributed by atoms with Crippen molar-refractivity contribution >= 4 is 11.9 Å². The Kier molecular flexibility index (Phi) is 6.12. The Morgan fingerprint density at radius 2 is 2.03 bits per heavy atom. The fourth-order valence-corrected chi connectivity index (χ4v) is 3.67. The van der Waals surface area contributed by atoms with Gasteiger partial charge in [0.1, 0.15) is 11.5 Å². The van der Waals surface area contributed by atoms with Crippen LogP contribution in [-0.4, -0.2) is 81.1 Å². The van der Waals surface area contributed by atoms with Crippen molar-refractivity contribution in [3.63, 3.8) is 0 Å². The van der Waals surface area contributed by atoms with Crippen LogP contribution in [0.4, 0.5) is 4.79 Å². The highest BCUT2D eigenvalue weighted by Gasteiger charge is 2.44. The zero-order valence-corrected chi connectivity index (χ0v) is 17.4. The highest BCUT2D eigenvalue weighted by molar-refractivity contribution is 6.01. The van der Waals surface area contributed by atoms with Gasteiger partial charge in [0.05, 0.1) is 38.1 Å². The van der Waals surface area contributed by atoms with Crippen LogP contribution in [0.5, 0.6) is 11.5 Å². The van der Waals surface area contributed by atoms with Gasteiger partial charge in [-0.1, -0.05) is 6.08 Å². The summed E-state index contributed by atoms with van der Waals surface area (Å²) in [6.45, 7) is 5.79. The second-order valence-corrected chi connectivity index (χ2v) is 7.28. The van der Waals surface area contributed by atoms with Crippen molar-refractivity contribution in [3.8, 4) is 11.5 Å². The first-order chi connectivity index (χ1) is 13.9. The molecule has 2 aliphatic heterocycles. The molecule has 0 bridgehead atoms. The lowest BCUT2D eigenvalue weighted by Gasteiger charge is -2.33. The van der Waals surface area contributed by atoms with Gasteiger partial charge in [0, 0.05) is 25.2 Å². The molecule has 0 radical (unpaired) electrons. The summed E-state index contributed by atoms with van der Waals surface area (Å²) in [5.74, 6) is 1.13. The standard InChI is InChI=1S/C21H28N4O4/c1-6-9-25-16-13-24(11-10-23(2)3)20(26)18(16)19(22-21(25)27)15-12-14(28-4)7-8-17(15)29-5/h6-8,12,19H,1,9-11,13H2,2-5H3,(H,22,27)/t19-/m0/s1. The van der Waals surface area contributed by atoms with Crippen LogP contribution in [0, 0.1) is 0 Å². The second-order valence-electron chi connectivity index (χ2n) is 7.28. The minimum atomic E-state index is -0.611. The highest BCUT2D eigenvalue weighted by Crippen LogP contribution is 2.40. The maximum atomic E-state index is 13.3. The van der Waals surface area contributed by atoms with Gasteiger partial charge in [-0.3, -0.25) is 9.69 Å². The van der Waals surface area contributed by atoms with Gasteiger partial charge in [-0.25, -0.2) is 4.79 Å². The third-order valence-electron chi connectivity index (χ3n) is 5.17. The van der Waals surface area contributed by atoms with Crippen LogP contribution in [-0.2, 0) is 4.79 Å². The molecule has 0 spiro atoms. The van der Waals surface area contributed by atoms with Crippen molar-refractivity contribution < 1.29 is 19.1 Å². The van der Waals surface area contributed by atoms with E-state index in [0.29, 0.717) is 48.0 Å². The number of benzene rings is 1. The number of likely N-dealkylation sites (N-methyl/N-ethyl adjacent to an activating group) is 1. The number of nitrogens with one attached hydrogen (secondary N) is 1. The topological polar surface area (TPSA) is 74.4 Å². The first kappa shape index (κ1) is 20.7. The van der Waals surface area contributed by atoms with Crippen LogP contribution in [0.25, 0.3) is 0 Å². The molecule has 156 valence electrons. The minimum absolute atomic E-state index is 0.0780. The zero-order valence-electron chi connectivity index (χ0n) is 17.4. The summed E-state index contributed by atoms with van der Waals surface area (Å²) in [6.07, 6.45) is 1.66. The number of hydrogen-bond donors (Lipinski definition) is 1. The number of methoxy groups -OCH3 is 2. The molecule has 0 saturated carbocycles. The number of nitrogens with zero attached hydrogens (tertiary/aromatic N) is 3. The third kappa shape index (κ3) is 3.93. The normalized spacial score (nSPS) is 18.9. The quantitative estimate of drug-likeness (QED) is 0.671. The number of rotatable bonds is 8. The van der Waals surface area contributed by atoms with E-state index in [1.807, 2.05) is 19.0 Å². The molecule has 2 heterocycles. The smallest absolute Gasteiger partial charge is 0.322 e. The Labute approximate surface area is 171 Å². The number of ether oxygens (including phenoxy) is 2. The van der Waals surface area contributed by atoms with Crippen LogP contribution in [0.15, 0.2) is 42.1 Å². The third-order valence-corrected chi connectivity index (χ3v) is 5.17. The lowest BCUT2D eigenvalue weighted by Crippen LogP contribution is -2.47. The second kappa shape index (κ2) is 8.57. The fourth-order valence-electron chi connectivity index (χ4n) is 3.67. The van der Waals surface area contributed by atoms with E-state index < -0.39 is 6.04 Å². The average molecular weight is 400 g/mol. The fraction of sp³-hybridized carbons (Fsp3) is 0.429. The summed E-state index contributed by atoms with van der Waals surface area (Å²) in [5.41, 5.74) is 1.97. The molecule has 29 heavy (non-hydrogen) atoms. The predicted molar refractivity (Wildman–Crippen MR) is 110 cm³/mol. The summed E-state index contributed by atoms with van der Waals surface area (Å²) in [4.78, 5) is 31.6. The van der Waals surface area contributed by atoms with Gasteiger partial charge in [0.15, 0.2) is 0 Å². The molecule has 1 aromatic carbocycles. The largest absolute Gasteiger partial charge is 0.497 e. The maximum absolute atomic E-state index is 13.3. The van der Waals surface area contributed by atoms with Crippen LogP contribution < -0.4 is 14.8 Å². The minimum Gasteiger partial charge on any atom is -0.497 e. The summed E-state index contributed by atoms with van der Waals surface area (Å²) in [7, 11) is 7.07. The van der Waals surface area contributed by atoms with Crippen molar-refractivity contribution in [2.45, 2.75) is 6.04 Å². The van der Waals surface area contributed by atoms with Crippen molar-refractivity contribution in [2.24, 2.45) is 0 Å². The molecule has 0 unspecified atom stereocenters. The molecule has 0 aliphatic carbocycles. The predicted octanol–water partition coefficient (Wildman–Crippen LogP) is 1.61. The molecule has 0 fully saturated rings. The number of amides is 3. The molecule has 1 aromatic rings. The van der Waals surface area contributed by atoms with Crippen LogP contribution in [0.3, 0.4) is 0 Å². The maximum Gasteiger partial charge on any atom is 0.322 e. The molecule has 8 heteroatoms. The molecule has 3 amide bonds. The van der Waals surface area contributed by atoms with E-state index in [9.17, 15) is 9.59 Å². The van der Waals surface area contributed by atoms with Crippen molar-refractivity contribution in [1.29, 1.82) is 0 Å². The van der Waals surface area contributed by atoms with Crippen molar-refractivity contribution in [1.82, 2.24) is 20.0 Å². The van der Waals surface area contributed by atoms with Crippen molar-refractivity contribution in [3.05, 3.63) is 47.7 Å². The molecule has 0 saturated heterocycles. The highest BCUT2D eigenvalue weighted by atomic mass is 16.5. The molecular weight excluding hydrogens is 372 g/mol. The Bertz CT molecular complexity index is 849. The molecule has 1 N–H and O–H groups in total. The summed E-state index contributed by atoms with van der Waals surface area (Å²) < 4.78 is 10.9. The molecular formula is C21H28N4O4. The Hall–Kier alpha value is -3.00. The summed E-state index contributed by atoms with van der Waals surface area (Å²) in [6, 6.07) is 4.49. The van der Waals surface area contributed by atoms with E-state index in [1.54, 1.807) is 48.3 Å². The lowest BCUT2D eigenvalue weighted by molar-refractivity contribution is -0.125. The van der Waals surface area contributed by atoms with Gasteiger partial charge in [0.2, 0.25) is 0 Å². The van der Waals surface area contributed by atoms with Crippen molar-refractivity contribution in [2.75, 3.05) is 54.5 Å². The van der Waals surface area contributed by atoms with Crippen LogP contribution >= 0.6 is 0 Å². The average Bonchev–Trinajstić information content (AvgIpc) is 3.04. The van der Waals surface area contributed by atoms with E-state index in [-0.39, 0.29) is 11.9 Å². The molecule has 8 nitrogen and oxygen atoms in total. The number of carbonyl (C=O) groups excluding carboxylic acids is 2. The van der Waals surface area contributed by atoms with E-state index in [1.165, 1.54) is 0 Å². The van der Waals surface area contributed by atoms with Gasteiger partial charge in [-0.2, -0.15) is 0 Å². The summed E-state index contributed by atoms with van der Waals surface area (Å²) in [5, 5.41) is 2.97. The Balaban J connectivity index is 2.06. The van der Waals surface area contributed by atoms with E-state index in [0.717, 1.165) is 6.54 Å². The van der Waals surface area contributed by atoms with Gasteiger partial charge in [0.25, 0.3) is 5.91 Å². The van der Waals surface area contributed by atoms with E-state index >= 15 is 0 Å². The summed E-state index contributed by atoms with van der Waals surface area (Å²) >= 11 is 0. The van der Waals surface area contributed by atoms with E-state index in [2.05, 4.69) is 11.9 Å². The SMILES string of the molecule is C=CCN1C(=O)N[C@@H](c2cc(OC)ccc2OC)C2=C1CN(CCN(C)C)C2=O.